The fraction of sp³-hybridized carbons (Fsp3) is 0.583. The standard InChI is InChI=1S/C24H30N2O3/c27-22-11-6-10-21-19-15-18(16-26(21)22)20-9-4-5-14-25(20)24(19)29-23(28)13-12-17-7-2-1-3-8-17/h1-3,7-8,12-13,18-21,24H,4-6,9-11,14-16H2/b13-12-/t18?,19?,20-,21+,24?/m1/s1. The second-order valence-electron chi connectivity index (χ2n) is 9.04. The van der Waals surface area contributed by atoms with Gasteiger partial charge in [-0.25, -0.2) is 4.79 Å². The molecular weight excluding hydrogens is 364 g/mol. The van der Waals surface area contributed by atoms with Crippen LogP contribution in [0.25, 0.3) is 6.08 Å². The van der Waals surface area contributed by atoms with E-state index in [1.54, 1.807) is 6.08 Å². The fourth-order valence-corrected chi connectivity index (χ4v) is 6.14. The molecule has 5 atom stereocenters. The Morgan fingerprint density at radius 1 is 1.07 bits per heavy atom. The highest BCUT2D eigenvalue weighted by Crippen LogP contribution is 2.46. The third kappa shape index (κ3) is 3.61. The third-order valence-corrected chi connectivity index (χ3v) is 7.39. The Balaban J connectivity index is 1.38. The summed E-state index contributed by atoms with van der Waals surface area (Å²) in [5.41, 5.74) is 0.991. The molecule has 1 aromatic rings. The summed E-state index contributed by atoms with van der Waals surface area (Å²) in [4.78, 5) is 29.9. The first kappa shape index (κ1) is 18.9. The first-order valence-electron chi connectivity index (χ1n) is 11.2. The van der Waals surface area contributed by atoms with Crippen LogP contribution in [0.5, 0.6) is 0 Å². The van der Waals surface area contributed by atoms with Gasteiger partial charge in [0.25, 0.3) is 0 Å². The summed E-state index contributed by atoms with van der Waals surface area (Å²) in [7, 11) is 0. The average molecular weight is 395 g/mol. The van der Waals surface area contributed by atoms with E-state index < -0.39 is 0 Å². The quantitative estimate of drug-likeness (QED) is 0.582. The van der Waals surface area contributed by atoms with E-state index in [1.165, 1.54) is 6.42 Å². The minimum Gasteiger partial charge on any atom is -0.443 e. The highest BCUT2D eigenvalue weighted by molar-refractivity contribution is 5.87. The maximum Gasteiger partial charge on any atom is 0.332 e. The number of carbonyl (C=O) groups excluding carboxylic acids is 2. The predicted molar refractivity (Wildman–Crippen MR) is 111 cm³/mol. The molecule has 4 aliphatic rings. The van der Waals surface area contributed by atoms with Gasteiger partial charge in [0, 0.05) is 43.6 Å². The van der Waals surface area contributed by atoms with Crippen molar-refractivity contribution in [2.45, 2.75) is 63.3 Å². The minimum absolute atomic E-state index is 0.205. The van der Waals surface area contributed by atoms with E-state index in [-0.39, 0.29) is 24.2 Å². The first-order chi connectivity index (χ1) is 14.2. The van der Waals surface area contributed by atoms with Crippen LogP contribution in [0.15, 0.2) is 36.4 Å². The second kappa shape index (κ2) is 7.94. The van der Waals surface area contributed by atoms with Crippen LogP contribution in [-0.2, 0) is 14.3 Å². The number of esters is 1. The largest absolute Gasteiger partial charge is 0.443 e. The maximum atomic E-state index is 12.7. The Hall–Kier alpha value is -2.14. The van der Waals surface area contributed by atoms with Gasteiger partial charge >= 0.3 is 5.97 Å². The Kier molecular flexibility index (Phi) is 5.17. The molecule has 154 valence electrons. The van der Waals surface area contributed by atoms with Crippen molar-refractivity contribution in [3.63, 3.8) is 0 Å². The van der Waals surface area contributed by atoms with Crippen molar-refractivity contribution < 1.29 is 14.3 Å². The van der Waals surface area contributed by atoms with Gasteiger partial charge in [-0.15, -0.1) is 0 Å². The van der Waals surface area contributed by atoms with Crippen LogP contribution in [0.4, 0.5) is 0 Å². The molecule has 0 N–H and O–H groups in total. The van der Waals surface area contributed by atoms with Crippen molar-refractivity contribution >= 4 is 18.0 Å². The monoisotopic (exact) mass is 394 g/mol. The SMILES string of the molecule is O=C(/C=C\c1ccccc1)OC1C2CC(CN3C(=O)CCC[C@@H]23)[C@H]2CCCCN12. The van der Waals surface area contributed by atoms with Gasteiger partial charge in [0.05, 0.1) is 0 Å². The zero-order valence-electron chi connectivity index (χ0n) is 16.9. The van der Waals surface area contributed by atoms with E-state index in [0.29, 0.717) is 24.3 Å². The molecule has 0 aromatic heterocycles. The van der Waals surface area contributed by atoms with Gasteiger partial charge in [-0.2, -0.15) is 0 Å². The highest BCUT2D eigenvalue weighted by atomic mass is 16.6. The highest BCUT2D eigenvalue weighted by Gasteiger charge is 2.54. The first-order valence-corrected chi connectivity index (χ1v) is 11.2. The number of rotatable bonds is 3. The third-order valence-electron chi connectivity index (χ3n) is 7.39. The van der Waals surface area contributed by atoms with Gasteiger partial charge in [-0.3, -0.25) is 9.69 Å². The summed E-state index contributed by atoms with van der Waals surface area (Å²) in [6.07, 6.45) is 10.5. The van der Waals surface area contributed by atoms with E-state index in [1.807, 2.05) is 36.4 Å². The van der Waals surface area contributed by atoms with Crippen molar-refractivity contribution in [2.24, 2.45) is 11.8 Å². The fourth-order valence-electron chi connectivity index (χ4n) is 6.14. The number of carbonyl (C=O) groups is 2. The van der Waals surface area contributed by atoms with Crippen LogP contribution in [0.1, 0.15) is 50.5 Å². The number of benzene rings is 1. The molecule has 4 heterocycles. The predicted octanol–water partition coefficient (Wildman–Crippen LogP) is 3.45. The van der Waals surface area contributed by atoms with E-state index in [0.717, 1.165) is 50.8 Å². The summed E-state index contributed by atoms with van der Waals surface area (Å²) in [5, 5.41) is 0. The zero-order chi connectivity index (χ0) is 19.8. The summed E-state index contributed by atoms with van der Waals surface area (Å²) in [6, 6.07) is 10.5. The van der Waals surface area contributed by atoms with Gasteiger partial charge in [0.15, 0.2) is 6.23 Å². The molecule has 0 saturated carbocycles. The lowest BCUT2D eigenvalue weighted by molar-refractivity contribution is -0.203. The normalized spacial score (nSPS) is 34.6. The van der Waals surface area contributed by atoms with Crippen LogP contribution in [0, 0.1) is 11.8 Å². The molecule has 4 aliphatic heterocycles. The molecule has 0 radical (unpaired) electrons. The van der Waals surface area contributed by atoms with Gasteiger partial charge in [-0.1, -0.05) is 36.8 Å². The minimum atomic E-state index is -0.277. The van der Waals surface area contributed by atoms with E-state index in [9.17, 15) is 9.59 Å². The Morgan fingerprint density at radius 2 is 1.90 bits per heavy atom. The second-order valence-corrected chi connectivity index (χ2v) is 9.04. The van der Waals surface area contributed by atoms with Crippen molar-refractivity contribution in [3.05, 3.63) is 42.0 Å². The maximum absolute atomic E-state index is 12.7. The molecule has 4 saturated heterocycles. The summed E-state index contributed by atoms with van der Waals surface area (Å²) >= 11 is 0. The molecular formula is C24H30N2O3. The zero-order valence-corrected chi connectivity index (χ0v) is 16.9. The van der Waals surface area contributed by atoms with Crippen LogP contribution >= 0.6 is 0 Å². The number of amides is 1. The summed E-state index contributed by atoms with van der Waals surface area (Å²) < 4.78 is 6.11. The lowest BCUT2D eigenvalue weighted by Gasteiger charge is -2.59. The lowest BCUT2D eigenvalue weighted by atomic mass is 9.70. The Labute approximate surface area is 172 Å². The van der Waals surface area contributed by atoms with Crippen LogP contribution in [0.3, 0.4) is 0 Å². The molecule has 4 fully saturated rings. The van der Waals surface area contributed by atoms with Gasteiger partial charge < -0.3 is 9.64 Å². The number of nitrogens with zero attached hydrogens (tertiary/aromatic N) is 2. The van der Waals surface area contributed by atoms with E-state index in [4.69, 9.17) is 4.74 Å². The number of hydrogen-bond acceptors (Lipinski definition) is 4. The molecule has 2 bridgehead atoms. The molecule has 29 heavy (non-hydrogen) atoms. The summed E-state index contributed by atoms with van der Waals surface area (Å²) in [5.74, 6) is 0.782. The Bertz CT molecular complexity index is 793. The number of hydrogen-bond donors (Lipinski definition) is 0. The lowest BCUT2D eigenvalue weighted by Crippen LogP contribution is -2.68. The average Bonchev–Trinajstić information content (AvgIpc) is 2.76. The van der Waals surface area contributed by atoms with Crippen molar-refractivity contribution in [1.29, 1.82) is 0 Å². The number of piperidine rings is 4. The molecule has 5 heteroatoms. The van der Waals surface area contributed by atoms with Crippen molar-refractivity contribution in [3.8, 4) is 0 Å². The van der Waals surface area contributed by atoms with Crippen molar-refractivity contribution in [1.82, 2.24) is 9.80 Å². The van der Waals surface area contributed by atoms with Crippen LogP contribution in [0.2, 0.25) is 0 Å². The molecule has 1 aromatic carbocycles. The topological polar surface area (TPSA) is 49.9 Å². The van der Waals surface area contributed by atoms with Gasteiger partial charge in [-0.05, 0) is 49.7 Å². The summed E-state index contributed by atoms with van der Waals surface area (Å²) in [6.45, 7) is 1.90. The molecule has 0 spiro atoms. The number of fused-ring (bicyclic) bond motifs is 6. The van der Waals surface area contributed by atoms with Crippen LogP contribution < -0.4 is 0 Å². The number of ether oxygens (including phenoxy) is 1. The molecule has 0 aliphatic carbocycles. The van der Waals surface area contributed by atoms with Crippen LogP contribution in [-0.4, -0.2) is 53.1 Å². The smallest absolute Gasteiger partial charge is 0.332 e. The van der Waals surface area contributed by atoms with Gasteiger partial charge in [0.1, 0.15) is 0 Å². The molecule has 5 nitrogen and oxygen atoms in total. The van der Waals surface area contributed by atoms with Gasteiger partial charge in [0.2, 0.25) is 5.91 Å². The van der Waals surface area contributed by atoms with E-state index >= 15 is 0 Å². The van der Waals surface area contributed by atoms with Crippen molar-refractivity contribution in [2.75, 3.05) is 13.1 Å². The molecule has 3 unspecified atom stereocenters. The molecule has 1 amide bonds. The molecule has 5 rings (SSSR count). The van der Waals surface area contributed by atoms with E-state index in [2.05, 4.69) is 9.80 Å². The Morgan fingerprint density at radius 3 is 2.76 bits per heavy atom.